The molecule has 3 saturated heterocycles. The zero-order valence-electron chi connectivity index (χ0n) is 61.2. The highest BCUT2D eigenvalue weighted by Gasteiger charge is 2.53. The maximum absolute atomic E-state index is 13.4. The number of ether oxygens (including phenoxy) is 6. The van der Waals surface area contributed by atoms with Gasteiger partial charge in [0.05, 0.1) is 38.6 Å². The Morgan fingerprint density at radius 1 is 0.374 bits per heavy atom. The van der Waals surface area contributed by atoms with Gasteiger partial charge in [-0.1, -0.05) is 292 Å². The van der Waals surface area contributed by atoms with Crippen LogP contribution in [-0.2, 0) is 33.2 Å². The van der Waals surface area contributed by atoms with E-state index in [1.165, 1.54) is 173 Å². The van der Waals surface area contributed by atoms with Crippen molar-refractivity contribution < 1.29 is 89.4 Å². The summed E-state index contributed by atoms with van der Waals surface area (Å²) in [6.45, 7) is 1.63. The lowest BCUT2D eigenvalue weighted by Crippen LogP contribution is -2.66. The predicted molar refractivity (Wildman–Crippen MR) is 392 cm³/mol. The van der Waals surface area contributed by atoms with E-state index in [9.17, 15) is 61.0 Å². The third-order valence-corrected chi connectivity index (χ3v) is 19.2. The number of carbonyl (C=O) groups is 1. The Morgan fingerprint density at radius 3 is 1.09 bits per heavy atom. The average Bonchev–Trinajstić information content (AvgIpc) is 0.784. The highest BCUT2D eigenvalue weighted by atomic mass is 16.8. The van der Waals surface area contributed by atoms with Crippen molar-refractivity contribution in [3.05, 3.63) is 85.1 Å². The molecule has 0 aliphatic carbocycles. The molecule has 0 aromatic carbocycles. The topological polar surface area (TPSA) is 307 Å². The zero-order chi connectivity index (χ0) is 71.8. The van der Waals surface area contributed by atoms with E-state index in [4.69, 9.17) is 28.4 Å². The van der Waals surface area contributed by atoms with E-state index in [0.717, 1.165) is 83.5 Å². The van der Waals surface area contributed by atoms with Gasteiger partial charge in [0.15, 0.2) is 18.9 Å². The van der Waals surface area contributed by atoms with Crippen LogP contribution >= 0.6 is 0 Å². The van der Waals surface area contributed by atoms with Crippen molar-refractivity contribution in [2.45, 2.75) is 388 Å². The summed E-state index contributed by atoms with van der Waals surface area (Å²) in [5.41, 5.74) is 0. The zero-order valence-corrected chi connectivity index (χ0v) is 61.2. The number of allylic oxidation sites excluding steroid dienone is 13. The SMILES string of the molecule is CC/C=C\C/C=C\C/C=C\C/C=C\C/C=C\C/C=C\CCCCCCCCCCCCCCCCCCCCCCC(=O)NC(COC1OC(CO)C(OC2OC(CO)C(OC3OC(CO)C(O)C(O)C3O)C(O)C2O)C(O)C1O)C(O)/C=C/CCCCCCCCCCCCCCC. The Bertz CT molecular complexity index is 2120. The van der Waals surface area contributed by atoms with Gasteiger partial charge < -0.3 is 89.9 Å². The molecule has 1 amide bonds. The largest absolute Gasteiger partial charge is 0.394 e. The minimum atomic E-state index is -1.98. The third-order valence-electron chi connectivity index (χ3n) is 19.2. The van der Waals surface area contributed by atoms with Crippen LogP contribution in [0.3, 0.4) is 0 Å². The summed E-state index contributed by atoms with van der Waals surface area (Å²) in [4.78, 5) is 13.4. The maximum Gasteiger partial charge on any atom is 0.220 e. The molecule has 12 N–H and O–H groups in total. The monoisotopic (exact) mass is 1400 g/mol. The molecule has 17 unspecified atom stereocenters. The number of amides is 1. The number of rotatable bonds is 61. The number of aliphatic hydroxyl groups excluding tert-OH is 11. The molecule has 0 aromatic heterocycles. The Hall–Kier alpha value is -3.03. The Kier molecular flexibility index (Phi) is 54.9. The molecule has 0 saturated carbocycles. The molecule has 17 atom stereocenters. The van der Waals surface area contributed by atoms with Crippen LogP contribution in [0.4, 0.5) is 0 Å². The highest BCUT2D eigenvalue weighted by molar-refractivity contribution is 5.76. The molecule has 0 aromatic rings. The molecule has 0 spiro atoms. The van der Waals surface area contributed by atoms with Crippen molar-refractivity contribution in [1.29, 1.82) is 0 Å². The molecule has 3 fully saturated rings. The van der Waals surface area contributed by atoms with Gasteiger partial charge in [0.25, 0.3) is 0 Å². The fraction of sp³-hybridized carbons (Fsp3) is 0.812. The molecular formula is C80H141NO18. The second-order valence-electron chi connectivity index (χ2n) is 27.8. The van der Waals surface area contributed by atoms with E-state index in [0.29, 0.717) is 6.42 Å². The first-order valence-electron chi connectivity index (χ1n) is 39.3. The van der Waals surface area contributed by atoms with E-state index in [1.54, 1.807) is 6.08 Å². The summed E-state index contributed by atoms with van der Waals surface area (Å²) in [5, 5.41) is 121. The lowest BCUT2D eigenvalue weighted by molar-refractivity contribution is -0.379. The smallest absolute Gasteiger partial charge is 0.220 e. The van der Waals surface area contributed by atoms with E-state index < -0.39 is 124 Å². The second-order valence-corrected chi connectivity index (χ2v) is 27.8. The van der Waals surface area contributed by atoms with E-state index in [2.05, 4.69) is 92.1 Å². The summed E-state index contributed by atoms with van der Waals surface area (Å²) >= 11 is 0. The summed E-state index contributed by atoms with van der Waals surface area (Å²) in [6.07, 6.45) is 52.9. The standard InChI is InChI=1S/C80H141NO18/c1-3-5-7-9-11-13-15-17-19-20-21-22-23-24-25-26-27-28-29-30-31-32-33-34-35-36-37-38-39-40-41-42-44-46-48-50-52-54-56-58-68(86)81-63(64(85)57-55-53-51-49-47-45-43-18-16-14-12-10-8-6-4-2)62-94-78-74(92)71(89)76(66(60-83)96-78)99-80-75(93)72(90)77(67(61-84)97-80)98-79-73(91)70(88)69(87)65(59-82)95-79/h5,7,11,13,17,19,21-22,24-25,27-28,55,57,63-67,69-80,82-85,87-93H,3-4,6,8-10,12,14-16,18,20,23,26,29-54,56,58-62H2,1-2H3,(H,81,86)/b7-5-,13-11-,19-17-,22-21-,25-24-,28-27-,57-55+. The van der Waals surface area contributed by atoms with Gasteiger partial charge in [-0.05, 0) is 70.6 Å². The van der Waals surface area contributed by atoms with Gasteiger partial charge in [0.2, 0.25) is 5.91 Å². The van der Waals surface area contributed by atoms with Crippen molar-refractivity contribution in [3.63, 3.8) is 0 Å². The summed E-state index contributed by atoms with van der Waals surface area (Å²) in [6, 6.07) is -0.975. The molecule has 19 heteroatoms. The van der Waals surface area contributed by atoms with Crippen molar-refractivity contribution in [1.82, 2.24) is 5.32 Å². The minimum absolute atomic E-state index is 0.243. The molecule has 99 heavy (non-hydrogen) atoms. The summed E-state index contributed by atoms with van der Waals surface area (Å²) in [5.74, 6) is -0.274. The summed E-state index contributed by atoms with van der Waals surface area (Å²) in [7, 11) is 0. The van der Waals surface area contributed by atoms with Gasteiger partial charge in [-0.3, -0.25) is 4.79 Å². The van der Waals surface area contributed by atoms with Crippen molar-refractivity contribution in [2.75, 3.05) is 26.4 Å². The maximum atomic E-state index is 13.4. The fourth-order valence-electron chi connectivity index (χ4n) is 12.9. The van der Waals surface area contributed by atoms with Crippen LogP contribution < -0.4 is 5.32 Å². The average molecular weight is 1400 g/mol. The van der Waals surface area contributed by atoms with Crippen LogP contribution in [0.1, 0.15) is 284 Å². The van der Waals surface area contributed by atoms with Gasteiger partial charge in [0.1, 0.15) is 73.2 Å². The Labute approximate surface area is 597 Å². The van der Waals surface area contributed by atoms with Crippen LogP contribution in [0.15, 0.2) is 85.1 Å². The lowest BCUT2D eigenvalue weighted by Gasteiger charge is -2.48. The van der Waals surface area contributed by atoms with Crippen molar-refractivity contribution in [3.8, 4) is 0 Å². The number of nitrogens with one attached hydrogen (secondary N) is 1. The Morgan fingerprint density at radius 2 is 0.697 bits per heavy atom. The minimum Gasteiger partial charge on any atom is -0.394 e. The first-order valence-corrected chi connectivity index (χ1v) is 39.3. The first kappa shape index (κ1) is 90.2. The molecule has 3 heterocycles. The van der Waals surface area contributed by atoms with E-state index >= 15 is 0 Å². The van der Waals surface area contributed by atoms with Gasteiger partial charge in [-0.15, -0.1) is 0 Å². The van der Waals surface area contributed by atoms with Gasteiger partial charge in [0, 0.05) is 6.42 Å². The molecule has 0 radical (unpaired) electrons. The number of carbonyl (C=O) groups excluding carboxylic acids is 1. The molecular weight excluding hydrogens is 1260 g/mol. The number of aliphatic hydroxyl groups is 11. The van der Waals surface area contributed by atoms with Crippen LogP contribution in [-0.4, -0.2) is 193 Å². The van der Waals surface area contributed by atoms with Crippen LogP contribution in [0.2, 0.25) is 0 Å². The fourth-order valence-corrected chi connectivity index (χ4v) is 12.9. The molecule has 3 aliphatic rings. The molecule has 574 valence electrons. The van der Waals surface area contributed by atoms with Gasteiger partial charge >= 0.3 is 0 Å². The van der Waals surface area contributed by atoms with Crippen LogP contribution in [0, 0.1) is 0 Å². The number of unbranched alkanes of at least 4 members (excludes halogenated alkanes) is 33. The number of hydrogen-bond donors (Lipinski definition) is 12. The van der Waals surface area contributed by atoms with E-state index in [1.807, 2.05) is 6.08 Å². The quantitative estimate of drug-likeness (QED) is 0.0199. The van der Waals surface area contributed by atoms with E-state index in [-0.39, 0.29) is 18.9 Å². The molecule has 3 aliphatic heterocycles. The van der Waals surface area contributed by atoms with Crippen LogP contribution in [0.5, 0.6) is 0 Å². The second kappa shape index (κ2) is 60.3. The van der Waals surface area contributed by atoms with Crippen molar-refractivity contribution in [2.24, 2.45) is 0 Å². The lowest BCUT2D eigenvalue weighted by atomic mass is 9.96. The Balaban J connectivity index is 1.31. The summed E-state index contributed by atoms with van der Waals surface area (Å²) < 4.78 is 34.4. The molecule has 3 rings (SSSR count). The third kappa shape index (κ3) is 40.7. The van der Waals surface area contributed by atoms with Crippen LogP contribution in [0.25, 0.3) is 0 Å². The van der Waals surface area contributed by atoms with Gasteiger partial charge in [-0.25, -0.2) is 0 Å². The highest BCUT2D eigenvalue weighted by Crippen LogP contribution is 2.33. The first-order chi connectivity index (χ1) is 48.3. The molecule has 0 bridgehead atoms. The van der Waals surface area contributed by atoms with Crippen molar-refractivity contribution >= 4 is 5.91 Å². The predicted octanol–water partition coefficient (Wildman–Crippen LogP) is 12.6. The number of hydrogen-bond acceptors (Lipinski definition) is 18. The normalized spacial score (nSPS) is 27.1. The van der Waals surface area contributed by atoms with Gasteiger partial charge in [-0.2, -0.15) is 0 Å². The molecule has 19 nitrogen and oxygen atoms in total.